The van der Waals surface area contributed by atoms with E-state index in [2.05, 4.69) is 5.32 Å². The van der Waals surface area contributed by atoms with E-state index in [1.807, 2.05) is 24.3 Å². The van der Waals surface area contributed by atoms with Gasteiger partial charge in [0.1, 0.15) is 10.8 Å². The SMILES string of the molecule is Nc1cc(N)c(NC2CCOc3ccccc32)c(F)c1Cl. The Bertz CT molecular complexity index is 693. The number of nitrogens with one attached hydrogen (secondary N) is 1. The summed E-state index contributed by atoms with van der Waals surface area (Å²) in [6.07, 6.45) is 0.706. The molecule has 0 amide bonds. The van der Waals surface area contributed by atoms with Crippen molar-refractivity contribution in [2.45, 2.75) is 12.5 Å². The molecule has 0 spiro atoms. The molecule has 0 fully saturated rings. The number of rotatable bonds is 2. The molecular weight excluding hydrogens is 293 g/mol. The van der Waals surface area contributed by atoms with Gasteiger partial charge in [-0.2, -0.15) is 0 Å². The molecule has 0 aromatic heterocycles. The molecule has 1 aliphatic rings. The lowest BCUT2D eigenvalue weighted by Gasteiger charge is -2.28. The summed E-state index contributed by atoms with van der Waals surface area (Å²) in [7, 11) is 0. The first kappa shape index (κ1) is 13.8. The van der Waals surface area contributed by atoms with E-state index >= 15 is 0 Å². The van der Waals surface area contributed by atoms with Crippen LogP contribution in [0.3, 0.4) is 0 Å². The number of hydrogen-bond acceptors (Lipinski definition) is 4. The number of para-hydroxylation sites is 1. The van der Waals surface area contributed by atoms with Crippen molar-refractivity contribution in [1.29, 1.82) is 0 Å². The summed E-state index contributed by atoms with van der Waals surface area (Å²) in [5.74, 6) is 0.167. The zero-order valence-electron chi connectivity index (χ0n) is 11.2. The van der Waals surface area contributed by atoms with Crippen LogP contribution in [-0.4, -0.2) is 6.61 Å². The molecule has 0 saturated carbocycles. The second kappa shape index (κ2) is 5.33. The van der Waals surface area contributed by atoms with Crippen LogP contribution in [0.2, 0.25) is 5.02 Å². The number of halogens is 2. The number of fused-ring (bicyclic) bond motifs is 1. The van der Waals surface area contributed by atoms with Gasteiger partial charge in [0.15, 0.2) is 5.82 Å². The minimum absolute atomic E-state index is 0.0913. The fourth-order valence-corrected chi connectivity index (χ4v) is 2.63. The van der Waals surface area contributed by atoms with Gasteiger partial charge in [-0.15, -0.1) is 0 Å². The molecule has 21 heavy (non-hydrogen) atoms. The summed E-state index contributed by atoms with van der Waals surface area (Å²) < 4.78 is 19.9. The number of benzene rings is 2. The van der Waals surface area contributed by atoms with Gasteiger partial charge in [-0.1, -0.05) is 29.8 Å². The smallest absolute Gasteiger partial charge is 0.169 e. The van der Waals surface area contributed by atoms with Crippen molar-refractivity contribution < 1.29 is 9.13 Å². The van der Waals surface area contributed by atoms with Gasteiger partial charge in [0.05, 0.1) is 29.7 Å². The molecule has 4 nitrogen and oxygen atoms in total. The third-order valence-electron chi connectivity index (χ3n) is 3.54. The lowest BCUT2D eigenvalue weighted by molar-refractivity contribution is 0.274. The highest BCUT2D eigenvalue weighted by Gasteiger charge is 2.24. The highest BCUT2D eigenvalue weighted by molar-refractivity contribution is 6.33. The number of nitrogen functional groups attached to an aromatic ring is 2. The summed E-state index contributed by atoms with van der Waals surface area (Å²) in [4.78, 5) is 0. The molecule has 110 valence electrons. The van der Waals surface area contributed by atoms with Gasteiger partial charge in [-0.25, -0.2) is 4.39 Å². The molecule has 1 aliphatic heterocycles. The van der Waals surface area contributed by atoms with Gasteiger partial charge in [-0.05, 0) is 12.1 Å². The van der Waals surface area contributed by atoms with Crippen LogP contribution >= 0.6 is 11.6 Å². The van der Waals surface area contributed by atoms with Crippen molar-refractivity contribution in [3.8, 4) is 5.75 Å². The summed E-state index contributed by atoms with van der Waals surface area (Å²) in [5, 5.41) is 3.00. The monoisotopic (exact) mass is 307 g/mol. The van der Waals surface area contributed by atoms with Gasteiger partial charge in [0.2, 0.25) is 0 Å². The number of hydrogen-bond donors (Lipinski definition) is 3. The van der Waals surface area contributed by atoms with Crippen molar-refractivity contribution in [2.24, 2.45) is 0 Å². The molecule has 1 unspecified atom stereocenters. The molecule has 1 heterocycles. The van der Waals surface area contributed by atoms with Crippen LogP contribution in [0.5, 0.6) is 5.75 Å². The van der Waals surface area contributed by atoms with Gasteiger partial charge >= 0.3 is 0 Å². The van der Waals surface area contributed by atoms with E-state index in [0.717, 1.165) is 11.3 Å². The zero-order valence-corrected chi connectivity index (χ0v) is 12.0. The Balaban J connectivity index is 1.97. The largest absolute Gasteiger partial charge is 0.493 e. The van der Waals surface area contributed by atoms with Crippen LogP contribution < -0.4 is 21.5 Å². The normalized spacial score (nSPS) is 17.0. The zero-order chi connectivity index (χ0) is 15.0. The Hall–Kier alpha value is -2.14. The highest BCUT2D eigenvalue weighted by Crippen LogP contribution is 2.39. The van der Waals surface area contributed by atoms with Gasteiger partial charge in [0, 0.05) is 12.0 Å². The molecule has 5 N–H and O–H groups in total. The van der Waals surface area contributed by atoms with Crippen molar-refractivity contribution in [3.05, 3.63) is 46.7 Å². The Kier molecular flexibility index (Phi) is 3.51. The van der Waals surface area contributed by atoms with Crippen LogP contribution in [0.4, 0.5) is 21.5 Å². The first-order chi connectivity index (χ1) is 10.1. The van der Waals surface area contributed by atoms with Crippen LogP contribution in [-0.2, 0) is 0 Å². The van der Waals surface area contributed by atoms with E-state index in [4.69, 9.17) is 27.8 Å². The molecule has 0 bridgehead atoms. The van der Waals surface area contributed by atoms with Crippen LogP contribution in [0.15, 0.2) is 30.3 Å². The van der Waals surface area contributed by atoms with Crippen molar-refractivity contribution in [1.82, 2.24) is 0 Å². The molecule has 3 rings (SSSR count). The Morgan fingerprint density at radius 2 is 2.00 bits per heavy atom. The molecular formula is C15H15ClFN3O. The topological polar surface area (TPSA) is 73.3 Å². The highest BCUT2D eigenvalue weighted by atomic mass is 35.5. The standard InChI is InChI=1S/C15H15ClFN3O/c16-13-9(18)7-10(19)15(14(13)17)20-11-5-6-21-12-4-2-1-3-8(11)12/h1-4,7,11,20H,5-6,18-19H2. The predicted molar refractivity (Wildman–Crippen MR) is 83.2 cm³/mol. The van der Waals surface area contributed by atoms with Crippen LogP contribution in [0.25, 0.3) is 0 Å². The van der Waals surface area contributed by atoms with Gasteiger partial charge in [-0.3, -0.25) is 0 Å². The van der Waals surface area contributed by atoms with E-state index in [1.165, 1.54) is 6.07 Å². The predicted octanol–water partition coefficient (Wildman–Crippen LogP) is 3.58. The van der Waals surface area contributed by atoms with Crippen LogP contribution in [0.1, 0.15) is 18.0 Å². The van der Waals surface area contributed by atoms with E-state index in [0.29, 0.717) is 13.0 Å². The quantitative estimate of drug-likeness (QED) is 0.741. The fraction of sp³-hybridized carbons (Fsp3) is 0.200. The third-order valence-corrected chi connectivity index (χ3v) is 3.93. The second-order valence-corrected chi connectivity index (χ2v) is 5.31. The third kappa shape index (κ3) is 2.45. The summed E-state index contributed by atoms with van der Waals surface area (Å²) in [6.45, 7) is 0.554. The van der Waals surface area contributed by atoms with Gasteiger partial charge in [0.25, 0.3) is 0 Å². The maximum absolute atomic E-state index is 14.3. The molecule has 2 aromatic rings. The number of ether oxygens (including phenoxy) is 1. The fourth-order valence-electron chi connectivity index (χ4n) is 2.48. The van der Waals surface area contributed by atoms with E-state index in [1.54, 1.807) is 0 Å². The second-order valence-electron chi connectivity index (χ2n) is 4.93. The minimum atomic E-state index is -0.627. The molecule has 0 radical (unpaired) electrons. The average Bonchev–Trinajstić information content (AvgIpc) is 2.49. The van der Waals surface area contributed by atoms with E-state index in [-0.39, 0.29) is 28.1 Å². The number of anilines is 3. The first-order valence-electron chi connectivity index (χ1n) is 6.59. The van der Waals surface area contributed by atoms with Crippen LogP contribution in [0, 0.1) is 5.82 Å². The number of nitrogens with two attached hydrogens (primary N) is 2. The minimum Gasteiger partial charge on any atom is -0.493 e. The van der Waals surface area contributed by atoms with E-state index < -0.39 is 5.82 Å². The molecule has 6 heteroatoms. The molecule has 0 saturated heterocycles. The van der Waals surface area contributed by atoms with E-state index in [9.17, 15) is 4.39 Å². The molecule has 1 atom stereocenters. The van der Waals surface area contributed by atoms with Crippen molar-refractivity contribution in [2.75, 3.05) is 23.4 Å². The lowest BCUT2D eigenvalue weighted by Crippen LogP contribution is -2.21. The Morgan fingerprint density at radius 3 is 2.81 bits per heavy atom. The van der Waals surface area contributed by atoms with Crippen molar-refractivity contribution >= 4 is 28.7 Å². The maximum atomic E-state index is 14.3. The summed E-state index contributed by atoms with van der Waals surface area (Å²) in [6, 6.07) is 9.01. The first-order valence-corrected chi connectivity index (χ1v) is 6.97. The molecule has 0 aliphatic carbocycles. The maximum Gasteiger partial charge on any atom is 0.169 e. The van der Waals surface area contributed by atoms with Gasteiger partial charge < -0.3 is 21.5 Å². The van der Waals surface area contributed by atoms with Crippen molar-refractivity contribution in [3.63, 3.8) is 0 Å². The Morgan fingerprint density at radius 1 is 1.24 bits per heavy atom. The summed E-state index contributed by atoms with van der Waals surface area (Å²) in [5.41, 5.74) is 13.0. The lowest BCUT2D eigenvalue weighted by atomic mass is 10.00. The summed E-state index contributed by atoms with van der Waals surface area (Å²) >= 11 is 5.85. The average molecular weight is 308 g/mol. The molecule has 2 aromatic carbocycles. The Labute approximate surface area is 126 Å².